The first-order chi connectivity index (χ1) is 5.74. The minimum absolute atomic E-state index is 0.0472. The summed E-state index contributed by atoms with van der Waals surface area (Å²) in [5.74, 6) is 0. The van der Waals surface area contributed by atoms with Gasteiger partial charge in [0.25, 0.3) is 0 Å². The molecule has 0 aromatic heterocycles. The molecule has 12 heavy (non-hydrogen) atoms. The van der Waals surface area contributed by atoms with Gasteiger partial charge in [0.2, 0.25) is 4.38 Å². The van der Waals surface area contributed by atoms with Crippen molar-refractivity contribution in [3.8, 4) is 6.07 Å². The molecule has 0 saturated carbocycles. The SMILES string of the molecule is CCC[C@H](C#N)SC(=S)OCC. The second-order valence-electron chi connectivity index (χ2n) is 2.21. The van der Waals surface area contributed by atoms with Crippen molar-refractivity contribution in [1.82, 2.24) is 0 Å². The molecule has 0 aliphatic carbocycles. The Morgan fingerprint density at radius 3 is 2.75 bits per heavy atom. The van der Waals surface area contributed by atoms with E-state index >= 15 is 0 Å². The predicted octanol–water partition coefficient (Wildman–Crippen LogP) is 2.73. The molecular formula is C8H13NOS2. The van der Waals surface area contributed by atoms with Crippen LogP contribution in [0.3, 0.4) is 0 Å². The van der Waals surface area contributed by atoms with Crippen molar-refractivity contribution in [3.05, 3.63) is 0 Å². The summed E-state index contributed by atoms with van der Waals surface area (Å²) in [6.45, 7) is 4.51. The fourth-order valence-electron chi connectivity index (χ4n) is 0.680. The zero-order chi connectivity index (χ0) is 9.40. The average molecular weight is 203 g/mol. The number of ether oxygens (including phenoxy) is 1. The van der Waals surface area contributed by atoms with Gasteiger partial charge in [0, 0.05) is 0 Å². The van der Waals surface area contributed by atoms with Crippen LogP contribution >= 0.6 is 24.0 Å². The smallest absolute Gasteiger partial charge is 0.221 e. The van der Waals surface area contributed by atoms with Crippen LogP contribution in [0, 0.1) is 11.3 Å². The Labute approximate surface area is 83.3 Å². The monoisotopic (exact) mass is 203 g/mol. The molecule has 0 N–H and O–H groups in total. The number of rotatable bonds is 4. The maximum atomic E-state index is 8.69. The lowest BCUT2D eigenvalue weighted by Gasteiger charge is -2.07. The van der Waals surface area contributed by atoms with E-state index in [0.717, 1.165) is 12.8 Å². The molecule has 0 fully saturated rings. The molecule has 0 radical (unpaired) electrons. The highest BCUT2D eigenvalue weighted by Gasteiger charge is 2.10. The van der Waals surface area contributed by atoms with Crippen molar-refractivity contribution in [2.75, 3.05) is 6.61 Å². The first-order valence-corrected chi connectivity index (χ1v) is 5.26. The summed E-state index contributed by atoms with van der Waals surface area (Å²) in [5, 5.41) is 8.64. The van der Waals surface area contributed by atoms with Crippen LogP contribution in [-0.2, 0) is 4.74 Å². The van der Waals surface area contributed by atoms with Gasteiger partial charge >= 0.3 is 0 Å². The largest absolute Gasteiger partial charge is 0.479 e. The Morgan fingerprint density at radius 2 is 2.33 bits per heavy atom. The van der Waals surface area contributed by atoms with Gasteiger partial charge in [-0.25, -0.2) is 0 Å². The van der Waals surface area contributed by atoms with Crippen LogP contribution in [0.1, 0.15) is 26.7 Å². The van der Waals surface area contributed by atoms with Crippen LogP contribution in [0.4, 0.5) is 0 Å². The summed E-state index contributed by atoms with van der Waals surface area (Å²) in [7, 11) is 0. The minimum Gasteiger partial charge on any atom is -0.479 e. The molecule has 0 amide bonds. The van der Waals surface area contributed by atoms with Crippen LogP contribution in [0.2, 0.25) is 0 Å². The average Bonchev–Trinajstić information content (AvgIpc) is 2.04. The molecule has 0 saturated heterocycles. The molecule has 0 aromatic rings. The van der Waals surface area contributed by atoms with Crippen LogP contribution < -0.4 is 0 Å². The van der Waals surface area contributed by atoms with E-state index in [1.54, 1.807) is 0 Å². The third kappa shape index (κ3) is 5.39. The van der Waals surface area contributed by atoms with E-state index < -0.39 is 0 Å². The van der Waals surface area contributed by atoms with E-state index in [1.807, 2.05) is 6.92 Å². The first-order valence-electron chi connectivity index (χ1n) is 3.97. The van der Waals surface area contributed by atoms with Crippen molar-refractivity contribution in [2.45, 2.75) is 31.9 Å². The van der Waals surface area contributed by atoms with Crippen molar-refractivity contribution >= 4 is 28.4 Å². The lowest BCUT2D eigenvalue weighted by atomic mass is 10.3. The molecule has 2 nitrogen and oxygen atoms in total. The summed E-state index contributed by atoms with van der Waals surface area (Å²) in [4.78, 5) is 0. The van der Waals surface area contributed by atoms with Crippen LogP contribution in [0.5, 0.6) is 0 Å². The third-order valence-corrected chi connectivity index (χ3v) is 2.54. The second kappa shape index (κ2) is 7.38. The van der Waals surface area contributed by atoms with E-state index in [0.29, 0.717) is 11.0 Å². The number of thioether (sulfide) groups is 1. The Morgan fingerprint density at radius 1 is 1.67 bits per heavy atom. The Bertz CT molecular complexity index is 176. The zero-order valence-corrected chi connectivity index (χ0v) is 9.00. The molecule has 4 heteroatoms. The highest BCUT2D eigenvalue weighted by atomic mass is 32.2. The number of nitriles is 1. The van der Waals surface area contributed by atoms with Gasteiger partial charge in [0.05, 0.1) is 12.7 Å². The molecule has 0 bridgehead atoms. The molecule has 0 aliphatic heterocycles. The Kier molecular flexibility index (Phi) is 7.22. The Hall–Kier alpha value is -0.270. The topological polar surface area (TPSA) is 33.0 Å². The minimum atomic E-state index is -0.0472. The first kappa shape index (κ1) is 11.7. The molecule has 68 valence electrons. The van der Waals surface area contributed by atoms with Crippen molar-refractivity contribution in [2.24, 2.45) is 0 Å². The van der Waals surface area contributed by atoms with Gasteiger partial charge in [-0.05, 0) is 25.6 Å². The molecule has 0 unspecified atom stereocenters. The standard InChI is InChI=1S/C8H13NOS2/c1-3-5-7(6-9)12-8(11)10-4-2/h7H,3-5H2,1-2H3/t7-/m1/s1. The fraction of sp³-hybridized carbons (Fsp3) is 0.750. The van der Waals surface area contributed by atoms with Gasteiger partial charge < -0.3 is 4.74 Å². The maximum Gasteiger partial charge on any atom is 0.221 e. The van der Waals surface area contributed by atoms with Crippen LogP contribution in [0.25, 0.3) is 0 Å². The third-order valence-electron chi connectivity index (χ3n) is 1.20. The zero-order valence-electron chi connectivity index (χ0n) is 7.37. The summed E-state index contributed by atoms with van der Waals surface area (Å²) in [6.07, 6.45) is 1.87. The van der Waals surface area contributed by atoms with Crippen molar-refractivity contribution in [1.29, 1.82) is 5.26 Å². The van der Waals surface area contributed by atoms with Gasteiger partial charge in [-0.1, -0.05) is 25.1 Å². The van der Waals surface area contributed by atoms with Crippen molar-refractivity contribution < 1.29 is 4.74 Å². The summed E-state index contributed by atoms with van der Waals surface area (Å²) < 4.78 is 5.55. The van der Waals surface area contributed by atoms with Gasteiger partial charge in [0.15, 0.2) is 0 Å². The molecule has 0 aromatic carbocycles. The number of nitrogens with zero attached hydrogens (tertiary/aromatic N) is 1. The second-order valence-corrected chi connectivity index (χ2v) is 4.01. The molecule has 0 spiro atoms. The van der Waals surface area contributed by atoms with Crippen molar-refractivity contribution in [3.63, 3.8) is 0 Å². The molecule has 1 atom stereocenters. The number of thiocarbonyl (C=S) groups is 1. The lowest BCUT2D eigenvalue weighted by Crippen LogP contribution is -2.05. The van der Waals surface area contributed by atoms with E-state index in [-0.39, 0.29) is 5.25 Å². The fourth-order valence-corrected chi connectivity index (χ4v) is 1.97. The highest BCUT2D eigenvalue weighted by molar-refractivity contribution is 8.23. The quantitative estimate of drug-likeness (QED) is 0.658. The summed E-state index contributed by atoms with van der Waals surface area (Å²) in [6, 6.07) is 2.19. The van der Waals surface area contributed by atoms with E-state index in [4.69, 9.17) is 22.2 Å². The van der Waals surface area contributed by atoms with E-state index in [2.05, 4.69) is 13.0 Å². The number of hydrogen-bond donors (Lipinski definition) is 0. The molecular weight excluding hydrogens is 190 g/mol. The Balaban J connectivity index is 3.71. The summed E-state index contributed by atoms with van der Waals surface area (Å²) in [5.41, 5.74) is 0. The van der Waals surface area contributed by atoms with Gasteiger partial charge in [-0.3, -0.25) is 0 Å². The lowest BCUT2D eigenvalue weighted by molar-refractivity contribution is 0.346. The van der Waals surface area contributed by atoms with Crippen LogP contribution in [0.15, 0.2) is 0 Å². The molecule has 0 heterocycles. The maximum absolute atomic E-state index is 8.69. The molecule has 0 aliphatic rings. The van der Waals surface area contributed by atoms with E-state index in [1.165, 1.54) is 11.8 Å². The molecule has 0 rings (SSSR count). The van der Waals surface area contributed by atoms with Gasteiger partial charge in [-0.15, -0.1) is 0 Å². The van der Waals surface area contributed by atoms with Crippen LogP contribution in [-0.4, -0.2) is 16.2 Å². The van der Waals surface area contributed by atoms with E-state index in [9.17, 15) is 0 Å². The van der Waals surface area contributed by atoms with Gasteiger partial charge in [-0.2, -0.15) is 5.26 Å². The highest BCUT2D eigenvalue weighted by Crippen LogP contribution is 2.18. The predicted molar refractivity (Wildman–Crippen MR) is 56.1 cm³/mol. The normalized spacial score (nSPS) is 11.8. The van der Waals surface area contributed by atoms with Gasteiger partial charge in [0.1, 0.15) is 5.25 Å². The summed E-state index contributed by atoms with van der Waals surface area (Å²) >= 11 is 6.24. The number of hydrogen-bond acceptors (Lipinski definition) is 4.